The maximum Gasteiger partial charge on any atom is 0.416 e. The predicted octanol–water partition coefficient (Wildman–Crippen LogP) is 4.00. The third-order valence-corrected chi connectivity index (χ3v) is 7.05. The summed E-state index contributed by atoms with van der Waals surface area (Å²) in [4.78, 5) is 41.1. The summed E-state index contributed by atoms with van der Waals surface area (Å²) in [6.45, 7) is 6.64. The van der Waals surface area contributed by atoms with Crippen molar-refractivity contribution in [3.05, 3.63) is 58.3 Å². The van der Waals surface area contributed by atoms with Crippen LogP contribution in [0.5, 0.6) is 0 Å². The van der Waals surface area contributed by atoms with Crippen LogP contribution in [-0.2, 0) is 19.6 Å². The van der Waals surface area contributed by atoms with Crippen LogP contribution in [0.4, 0.5) is 27.5 Å². The summed E-state index contributed by atoms with van der Waals surface area (Å²) in [5.74, 6) is -0.369. The molecule has 38 heavy (non-hydrogen) atoms. The first kappa shape index (κ1) is 26.8. The van der Waals surface area contributed by atoms with Crippen LogP contribution >= 0.6 is 0 Å². The fraction of sp³-hybridized carbons (Fsp3) is 0.292. The topological polar surface area (TPSA) is 187 Å². The number of carbonyl (C=O) groups excluding carboxylic acids is 2. The Bertz CT molecular complexity index is 1580. The smallest absolute Gasteiger partial charge is 0.416 e. The van der Waals surface area contributed by atoms with Crippen LogP contribution in [0.25, 0.3) is 10.9 Å². The molecule has 0 spiro atoms. The first-order chi connectivity index (χ1) is 17.7. The Hall–Kier alpha value is -4.30. The van der Waals surface area contributed by atoms with Crippen LogP contribution < -0.4 is 20.7 Å². The molecule has 3 aromatic rings. The summed E-state index contributed by atoms with van der Waals surface area (Å²) in [6.07, 6.45) is -0.335. The normalized spacial score (nSPS) is 14.9. The van der Waals surface area contributed by atoms with Crippen LogP contribution in [0.1, 0.15) is 45.8 Å². The molecule has 4 rings (SSSR count). The molecule has 1 aromatic heterocycles. The fourth-order valence-corrected chi connectivity index (χ4v) is 5.31. The van der Waals surface area contributed by atoms with Crippen molar-refractivity contribution in [1.82, 2.24) is 4.98 Å². The van der Waals surface area contributed by atoms with Gasteiger partial charge >= 0.3 is 6.09 Å². The van der Waals surface area contributed by atoms with E-state index in [2.05, 4.69) is 15.0 Å². The molecule has 0 bridgehead atoms. The Morgan fingerprint density at radius 3 is 2.53 bits per heavy atom. The molecule has 2 heterocycles. The number of pyridine rings is 1. The van der Waals surface area contributed by atoms with Gasteiger partial charge in [0.25, 0.3) is 15.7 Å². The molecule has 200 valence electrons. The van der Waals surface area contributed by atoms with Gasteiger partial charge in [0.05, 0.1) is 27.5 Å². The number of nitrogens with one attached hydrogen (secondary N) is 2. The summed E-state index contributed by atoms with van der Waals surface area (Å²) in [6, 6.07) is 7.71. The van der Waals surface area contributed by atoms with Crippen LogP contribution in [0.2, 0.25) is 0 Å². The van der Waals surface area contributed by atoms with Gasteiger partial charge in [-0.2, -0.15) is 0 Å². The number of nitro groups is 1. The number of ether oxygens (including phenoxy) is 1. The summed E-state index contributed by atoms with van der Waals surface area (Å²) >= 11 is 0. The van der Waals surface area contributed by atoms with E-state index in [4.69, 9.17) is 10.5 Å². The minimum atomic E-state index is -4.56. The average molecular weight is 543 g/mol. The highest BCUT2D eigenvalue weighted by Crippen LogP contribution is 2.49. The number of sulfonamides is 1. The Morgan fingerprint density at radius 2 is 1.89 bits per heavy atom. The maximum atomic E-state index is 13.4. The summed E-state index contributed by atoms with van der Waals surface area (Å²) in [5, 5.41) is 14.5. The zero-order valence-electron chi connectivity index (χ0n) is 21.0. The Labute approximate surface area is 218 Å². The van der Waals surface area contributed by atoms with Gasteiger partial charge in [0.2, 0.25) is 5.91 Å². The van der Waals surface area contributed by atoms with E-state index in [0.29, 0.717) is 10.9 Å². The molecule has 1 unspecified atom stereocenters. The van der Waals surface area contributed by atoms with E-state index >= 15 is 0 Å². The van der Waals surface area contributed by atoms with E-state index in [1.54, 1.807) is 33.8 Å². The lowest BCUT2D eigenvalue weighted by molar-refractivity contribution is -0.387. The first-order valence-corrected chi connectivity index (χ1v) is 13.0. The molecule has 0 saturated heterocycles. The lowest BCUT2D eigenvalue weighted by Gasteiger charge is -2.29. The summed E-state index contributed by atoms with van der Waals surface area (Å²) in [7, 11) is -4.56. The number of hydrogen-bond donors (Lipinski definition) is 3. The second-order valence-corrected chi connectivity index (χ2v) is 11.1. The van der Waals surface area contributed by atoms with Gasteiger partial charge in [0.1, 0.15) is 11.8 Å². The van der Waals surface area contributed by atoms with E-state index in [0.717, 1.165) is 17.0 Å². The lowest BCUT2D eigenvalue weighted by Crippen LogP contribution is -2.40. The minimum absolute atomic E-state index is 0.0431. The highest BCUT2D eigenvalue weighted by molar-refractivity contribution is 7.92. The fourth-order valence-electron chi connectivity index (χ4n) is 4.08. The maximum absolute atomic E-state index is 13.4. The lowest BCUT2D eigenvalue weighted by atomic mass is 10.1. The van der Waals surface area contributed by atoms with Gasteiger partial charge in [-0.25, -0.2) is 13.2 Å². The standard InChI is InChI=1S/C24H26N6O7S/c1-5-18(31)27-14-12-15(28-38(35,36)17-9-7-6-8-16(17)30(33)34)21-19-13(10-11-26-20(14)19)22(25)29(21)23(32)37-24(2,3)4/h6-12,22,28H,5,25H2,1-4H3,(H,27,31). The number of nitrogens with zero attached hydrogens (tertiary/aromatic N) is 3. The Morgan fingerprint density at radius 1 is 1.21 bits per heavy atom. The largest absolute Gasteiger partial charge is 0.443 e. The monoisotopic (exact) mass is 542 g/mol. The SMILES string of the molecule is CCC(=O)Nc1cc(NS(=O)(=O)c2ccccc2[N+](=O)[O-])c2c3c(ccnc13)C(N)N2C(=O)OC(C)(C)C. The number of nitrogens with two attached hydrogens (primary N) is 1. The molecular formula is C24H26N6O7S. The summed E-state index contributed by atoms with van der Waals surface area (Å²) < 4.78 is 34.8. The number of nitro benzene ring substituents is 1. The molecule has 0 aliphatic carbocycles. The van der Waals surface area contributed by atoms with Crippen LogP contribution in [0.15, 0.2) is 47.5 Å². The van der Waals surface area contributed by atoms with E-state index in [1.165, 1.54) is 24.4 Å². The zero-order valence-corrected chi connectivity index (χ0v) is 21.8. The Kier molecular flexibility index (Phi) is 6.71. The minimum Gasteiger partial charge on any atom is -0.443 e. The molecule has 0 fully saturated rings. The number of carbonyl (C=O) groups is 2. The molecule has 1 aliphatic rings. The van der Waals surface area contributed by atoms with E-state index < -0.39 is 43.4 Å². The second kappa shape index (κ2) is 9.54. The van der Waals surface area contributed by atoms with Crippen molar-refractivity contribution in [1.29, 1.82) is 0 Å². The second-order valence-electron chi connectivity index (χ2n) is 9.47. The molecule has 1 atom stereocenters. The number of para-hydroxylation sites is 1. The molecule has 4 N–H and O–H groups in total. The highest BCUT2D eigenvalue weighted by atomic mass is 32.2. The van der Waals surface area contributed by atoms with Gasteiger partial charge < -0.3 is 15.8 Å². The average Bonchev–Trinajstić information content (AvgIpc) is 3.14. The molecule has 13 nitrogen and oxygen atoms in total. The molecule has 1 aliphatic heterocycles. The van der Waals surface area contributed by atoms with Crippen LogP contribution in [0, 0.1) is 10.1 Å². The zero-order chi connectivity index (χ0) is 28.0. The quantitative estimate of drug-likeness (QED) is 0.305. The number of hydrogen-bond acceptors (Lipinski definition) is 9. The van der Waals surface area contributed by atoms with Gasteiger partial charge in [-0.05, 0) is 39.0 Å². The predicted molar refractivity (Wildman–Crippen MR) is 140 cm³/mol. The van der Waals surface area contributed by atoms with Crippen molar-refractivity contribution in [3.63, 3.8) is 0 Å². The van der Waals surface area contributed by atoms with Gasteiger partial charge in [-0.15, -0.1) is 0 Å². The van der Waals surface area contributed by atoms with Crippen molar-refractivity contribution >= 4 is 55.7 Å². The number of rotatable bonds is 6. The van der Waals surface area contributed by atoms with Crippen LogP contribution in [-0.4, -0.2) is 35.9 Å². The highest BCUT2D eigenvalue weighted by Gasteiger charge is 2.40. The van der Waals surface area contributed by atoms with Gasteiger partial charge in [0, 0.05) is 29.6 Å². The molecule has 0 saturated carbocycles. The number of anilines is 3. The van der Waals surface area contributed by atoms with E-state index in [-0.39, 0.29) is 34.9 Å². The molecular weight excluding hydrogens is 516 g/mol. The van der Waals surface area contributed by atoms with Crippen molar-refractivity contribution in [2.45, 2.75) is 50.8 Å². The first-order valence-electron chi connectivity index (χ1n) is 11.5. The number of amides is 2. The third-order valence-electron chi connectivity index (χ3n) is 5.64. The van der Waals surface area contributed by atoms with E-state index in [9.17, 15) is 28.1 Å². The molecule has 0 radical (unpaired) electrons. The van der Waals surface area contributed by atoms with Crippen LogP contribution in [0.3, 0.4) is 0 Å². The van der Waals surface area contributed by atoms with Crippen molar-refractivity contribution < 1.29 is 27.7 Å². The number of benzene rings is 2. The van der Waals surface area contributed by atoms with Gasteiger partial charge in [0.15, 0.2) is 4.90 Å². The Balaban J connectivity index is 1.98. The number of aromatic nitrogens is 1. The van der Waals surface area contributed by atoms with Gasteiger partial charge in [-0.1, -0.05) is 19.1 Å². The van der Waals surface area contributed by atoms with E-state index in [1.807, 2.05) is 0 Å². The third kappa shape index (κ3) is 4.82. The summed E-state index contributed by atoms with van der Waals surface area (Å²) in [5.41, 5.74) is 5.65. The molecule has 2 aromatic carbocycles. The van der Waals surface area contributed by atoms with Crippen molar-refractivity contribution in [2.24, 2.45) is 5.73 Å². The molecule has 2 amide bonds. The van der Waals surface area contributed by atoms with Gasteiger partial charge in [-0.3, -0.25) is 29.5 Å². The van der Waals surface area contributed by atoms with Crippen molar-refractivity contribution in [2.75, 3.05) is 14.9 Å². The van der Waals surface area contributed by atoms with Crippen molar-refractivity contribution in [3.8, 4) is 0 Å². The molecule has 14 heteroatoms.